The Hall–Kier alpha value is -3.35. The molecular weight excluding hydrogens is 322 g/mol. The Balaban J connectivity index is 1.80. The zero-order valence-electron chi connectivity index (χ0n) is 13.7. The number of phenols is 1. The summed E-state index contributed by atoms with van der Waals surface area (Å²) in [5.74, 6) is -0.264. The van der Waals surface area contributed by atoms with Gasteiger partial charge in [0.1, 0.15) is 17.9 Å². The lowest BCUT2D eigenvalue weighted by Crippen LogP contribution is -2.24. The van der Waals surface area contributed by atoms with Crippen molar-refractivity contribution in [2.75, 3.05) is 11.9 Å². The molecule has 0 saturated heterocycles. The summed E-state index contributed by atoms with van der Waals surface area (Å²) in [5.41, 5.74) is 3.27. The number of rotatable bonds is 7. The quantitative estimate of drug-likeness (QED) is 0.408. The Morgan fingerprint density at radius 1 is 1.12 bits per heavy atom. The maximum Gasteiger partial charge on any atom is 0.249 e. The third kappa shape index (κ3) is 5.98. The number of hydrazone groups is 1. The van der Waals surface area contributed by atoms with Gasteiger partial charge in [0, 0.05) is 11.3 Å². The molecule has 0 fully saturated rings. The number of aromatic hydroxyl groups is 1. The maximum absolute atomic E-state index is 11.8. The molecule has 2 amide bonds. The molecule has 0 aliphatic carbocycles. The number of nitrogens with zero attached hydrogens (tertiary/aromatic N) is 1. The maximum atomic E-state index is 11.8. The van der Waals surface area contributed by atoms with Gasteiger partial charge in [0.25, 0.3) is 0 Å². The van der Waals surface area contributed by atoms with Gasteiger partial charge >= 0.3 is 0 Å². The second-order valence-corrected chi connectivity index (χ2v) is 5.03. The first-order chi connectivity index (χ1) is 12.1. The van der Waals surface area contributed by atoms with Crippen LogP contribution in [0.4, 0.5) is 5.69 Å². The molecule has 0 aromatic heterocycles. The number of nitrogens with one attached hydrogen (secondary N) is 2. The smallest absolute Gasteiger partial charge is 0.249 e. The van der Waals surface area contributed by atoms with Crippen molar-refractivity contribution in [3.05, 3.63) is 54.1 Å². The van der Waals surface area contributed by atoms with Gasteiger partial charge < -0.3 is 15.2 Å². The molecule has 0 aliphatic heterocycles. The lowest BCUT2D eigenvalue weighted by molar-refractivity contribution is -0.126. The molecule has 25 heavy (non-hydrogen) atoms. The summed E-state index contributed by atoms with van der Waals surface area (Å²) in [5, 5.41) is 15.9. The first-order valence-corrected chi connectivity index (χ1v) is 7.71. The minimum absolute atomic E-state index is 0.0498. The van der Waals surface area contributed by atoms with Crippen LogP contribution in [0.2, 0.25) is 0 Å². The van der Waals surface area contributed by atoms with Crippen LogP contribution in [-0.4, -0.2) is 29.7 Å². The summed E-state index contributed by atoms with van der Waals surface area (Å²) in [4.78, 5) is 23.5. The number of anilines is 1. The third-order valence-electron chi connectivity index (χ3n) is 3.10. The fourth-order valence-corrected chi connectivity index (χ4v) is 1.96. The molecule has 0 bridgehead atoms. The highest BCUT2D eigenvalue weighted by Gasteiger charge is 2.09. The van der Waals surface area contributed by atoms with E-state index in [0.29, 0.717) is 23.6 Å². The zero-order valence-corrected chi connectivity index (χ0v) is 13.7. The summed E-state index contributed by atoms with van der Waals surface area (Å²) in [7, 11) is 0. The molecule has 0 saturated carbocycles. The van der Waals surface area contributed by atoms with Gasteiger partial charge in [-0.2, -0.15) is 5.10 Å². The lowest BCUT2D eigenvalue weighted by atomic mass is 10.2. The minimum Gasteiger partial charge on any atom is -0.507 e. The largest absolute Gasteiger partial charge is 0.507 e. The van der Waals surface area contributed by atoms with Gasteiger partial charge in [-0.25, -0.2) is 5.43 Å². The normalized spacial score (nSPS) is 10.4. The number of carbonyl (C=O) groups excluding carboxylic acids is 2. The van der Waals surface area contributed by atoms with Gasteiger partial charge in [-0.1, -0.05) is 12.1 Å². The summed E-state index contributed by atoms with van der Waals surface area (Å²) in [6.07, 6.45) is 0.933. The molecule has 0 radical (unpaired) electrons. The third-order valence-corrected chi connectivity index (χ3v) is 3.10. The van der Waals surface area contributed by atoms with Crippen molar-refractivity contribution >= 4 is 23.7 Å². The van der Waals surface area contributed by atoms with E-state index < -0.39 is 11.8 Å². The highest BCUT2D eigenvalue weighted by Crippen LogP contribution is 2.15. The van der Waals surface area contributed by atoms with Crippen molar-refractivity contribution in [1.29, 1.82) is 0 Å². The highest BCUT2D eigenvalue weighted by atomic mass is 16.5. The minimum atomic E-state index is -0.560. The number of para-hydroxylation sites is 1. The second-order valence-electron chi connectivity index (χ2n) is 5.03. The van der Waals surface area contributed by atoms with E-state index >= 15 is 0 Å². The van der Waals surface area contributed by atoms with Gasteiger partial charge in [0.2, 0.25) is 11.8 Å². The van der Waals surface area contributed by atoms with Crippen molar-refractivity contribution in [2.45, 2.75) is 13.3 Å². The first kappa shape index (κ1) is 18.0. The number of amides is 2. The Morgan fingerprint density at radius 2 is 1.84 bits per heavy atom. The van der Waals surface area contributed by atoms with Crippen LogP contribution in [0.25, 0.3) is 0 Å². The van der Waals surface area contributed by atoms with Gasteiger partial charge in [0.05, 0.1) is 12.8 Å². The van der Waals surface area contributed by atoms with Gasteiger partial charge in [-0.15, -0.1) is 0 Å². The predicted molar refractivity (Wildman–Crippen MR) is 94.7 cm³/mol. The molecule has 3 N–H and O–H groups in total. The lowest BCUT2D eigenvalue weighted by Gasteiger charge is -2.06. The van der Waals surface area contributed by atoms with Crippen LogP contribution >= 0.6 is 0 Å². The van der Waals surface area contributed by atoms with Crippen molar-refractivity contribution in [3.8, 4) is 11.5 Å². The predicted octanol–water partition coefficient (Wildman–Crippen LogP) is 2.27. The van der Waals surface area contributed by atoms with Crippen molar-refractivity contribution in [3.63, 3.8) is 0 Å². The van der Waals surface area contributed by atoms with E-state index in [0.717, 1.165) is 0 Å². The van der Waals surface area contributed by atoms with E-state index in [-0.39, 0.29) is 12.2 Å². The molecule has 0 spiro atoms. The zero-order chi connectivity index (χ0) is 18.1. The fraction of sp³-hybridized carbons (Fsp3) is 0.167. The van der Waals surface area contributed by atoms with E-state index in [1.165, 1.54) is 12.3 Å². The first-order valence-electron chi connectivity index (χ1n) is 7.71. The Morgan fingerprint density at radius 3 is 2.52 bits per heavy atom. The Kier molecular flexibility index (Phi) is 6.53. The number of hydrogen-bond donors (Lipinski definition) is 3. The second kappa shape index (κ2) is 9.07. The molecule has 130 valence electrons. The average Bonchev–Trinajstić information content (AvgIpc) is 2.58. The van der Waals surface area contributed by atoms with E-state index in [2.05, 4.69) is 15.8 Å². The molecule has 7 heteroatoms. The van der Waals surface area contributed by atoms with E-state index in [9.17, 15) is 14.7 Å². The van der Waals surface area contributed by atoms with Crippen LogP contribution in [-0.2, 0) is 9.59 Å². The molecule has 0 heterocycles. The highest BCUT2D eigenvalue weighted by molar-refractivity contribution is 6.03. The van der Waals surface area contributed by atoms with Gasteiger partial charge in [-0.05, 0) is 43.3 Å². The van der Waals surface area contributed by atoms with Crippen molar-refractivity contribution in [2.24, 2.45) is 5.10 Å². The summed E-state index contributed by atoms with van der Waals surface area (Å²) in [6.45, 7) is 2.45. The van der Waals surface area contributed by atoms with Crippen LogP contribution < -0.4 is 15.5 Å². The van der Waals surface area contributed by atoms with Crippen LogP contribution in [0.5, 0.6) is 11.5 Å². The van der Waals surface area contributed by atoms with Crippen LogP contribution in [0.15, 0.2) is 53.6 Å². The molecule has 0 unspecified atom stereocenters. The SMILES string of the molecule is CCOc1ccc(NC(=O)CC(=O)NN=Cc2ccccc2O)cc1. The molecule has 7 nitrogen and oxygen atoms in total. The summed E-state index contributed by atoms with van der Waals surface area (Å²) in [6, 6.07) is 13.4. The number of hydrogen-bond acceptors (Lipinski definition) is 5. The molecule has 0 atom stereocenters. The van der Waals surface area contributed by atoms with Gasteiger partial charge in [0.15, 0.2) is 0 Å². The monoisotopic (exact) mass is 341 g/mol. The molecule has 2 aromatic carbocycles. The number of phenolic OH excluding ortho intramolecular Hbond substituents is 1. The Labute approximate surface area is 145 Å². The molecule has 2 rings (SSSR count). The van der Waals surface area contributed by atoms with E-state index in [1.54, 1.807) is 42.5 Å². The number of benzene rings is 2. The summed E-state index contributed by atoms with van der Waals surface area (Å²) < 4.78 is 5.31. The van der Waals surface area contributed by atoms with Crippen LogP contribution in [0.3, 0.4) is 0 Å². The number of carbonyl (C=O) groups is 2. The molecular formula is C18H19N3O4. The fourth-order valence-electron chi connectivity index (χ4n) is 1.96. The van der Waals surface area contributed by atoms with Crippen molar-refractivity contribution < 1.29 is 19.4 Å². The Bertz CT molecular complexity index is 757. The number of ether oxygens (including phenoxy) is 1. The molecule has 2 aromatic rings. The topological polar surface area (TPSA) is 100 Å². The molecule has 0 aliphatic rings. The van der Waals surface area contributed by atoms with Gasteiger partial charge in [-0.3, -0.25) is 9.59 Å². The van der Waals surface area contributed by atoms with E-state index in [4.69, 9.17) is 4.74 Å². The van der Waals surface area contributed by atoms with E-state index in [1.807, 2.05) is 6.92 Å². The van der Waals surface area contributed by atoms with Crippen molar-refractivity contribution in [1.82, 2.24) is 5.43 Å². The standard InChI is InChI=1S/C18H19N3O4/c1-2-25-15-9-7-14(8-10-15)20-17(23)11-18(24)21-19-12-13-5-3-4-6-16(13)22/h3-10,12,22H,2,11H2,1H3,(H,20,23)(H,21,24). The van der Waals surface area contributed by atoms with Crippen LogP contribution in [0, 0.1) is 0 Å². The summed E-state index contributed by atoms with van der Waals surface area (Å²) >= 11 is 0. The average molecular weight is 341 g/mol. The van der Waals surface area contributed by atoms with Crippen LogP contribution in [0.1, 0.15) is 18.9 Å².